The molecule has 0 unspecified atom stereocenters. The molecule has 2 amide bonds. The highest BCUT2D eigenvalue weighted by Crippen LogP contribution is 2.26. The Morgan fingerprint density at radius 1 is 1.23 bits per heavy atom. The lowest BCUT2D eigenvalue weighted by Gasteiger charge is -2.27. The molecule has 31 heavy (non-hydrogen) atoms. The number of likely N-dealkylation sites (tertiary alicyclic amines) is 1. The van der Waals surface area contributed by atoms with Crippen LogP contribution in [0.2, 0.25) is 0 Å². The predicted octanol–water partition coefficient (Wildman–Crippen LogP) is 1.60. The second kappa shape index (κ2) is 8.81. The lowest BCUT2D eigenvalue weighted by molar-refractivity contribution is -0.128. The zero-order chi connectivity index (χ0) is 22.0. The minimum Gasteiger partial charge on any atom is -0.467 e. The number of carbonyl (C=O) groups is 2. The van der Waals surface area contributed by atoms with Crippen molar-refractivity contribution in [2.24, 2.45) is 5.92 Å². The summed E-state index contributed by atoms with van der Waals surface area (Å²) in [6.07, 6.45) is 1.65. The molecular formula is C21H25N3O6S. The maximum absolute atomic E-state index is 13.0. The third-order valence-corrected chi connectivity index (χ3v) is 7.60. The Morgan fingerprint density at radius 2 is 2.00 bits per heavy atom. The first-order chi connectivity index (χ1) is 14.8. The number of aryl methyl sites for hydroxylation is 1. The fourth-order valence-corrected chi connectivity index (χ4v) is 5.48. The molecule has 10 heteroatoms. The van der Waals surface area contributed by atoms with Gasteiger partial charge in [0.25, 0.3) is 0 Å². The Kier molecular flexibility index (Phi) is 6.12. The minimum atomic E-state index is -3.69. The first-order valence-corrected chi connectivity index (χ1v) is 11.6. The summed E-state index contributed by atoms with van der Waals surface area (Å²) in [5.74, 6) is -0.279. The molecule has 2 aromatic rings. The van der Waals surface area contributed by atoms with Crippen LogP contribution >= 0.6 is 0 Å². The normalized spacial score (nSPS) is 20.2. The third-order valence-electron chi connectivity index (χ3n) is 5.56. The number of benzene rings is 1. The van der Waals surface area contributed by atoms with E-state index in [4.69, 9.17) is 9.15 Å². The third kappa shape index (κ3) is 4.65. The maximum atomic E-state index is 13.0. The Labute approximate surface area is 181 Å². The van der Waals surface area contributed by atoms with E-state index < -0.39 is 15.9 Å². The van der Waals surface area contributed by atoms with Crippen LogP contribution < -0.4 is 5.32 Å². The van der Waals surface area contributed by atoms with Gasteiger partial charge < -0.3 is 19.4 Å². The monoisotopic (exact) mass is 447 g/mol. The van der Waals surface area contributed by atoms with Crippen LogP contribution in [0.5, 0.6) is 0 Å². The summed E-state index contributed by atoms with van der Waals surface area (Å²) in [5, 5.41) is 2.78. The summed E-state index contributed by atoms with van der Waals surface area (Å²) in [4.78, 5) is 26.8. The largest absolute Gasteiger partial charge is 0.467 e. The van der Waals surface area contributed by atoms with Crippen molar-refractivity contribution in [3.8, 4) is 0 Å². The van der Waals surface area contributed by atoms with E-state index in [0.717, 1.165) is 0 Å². The van der Waals surface area contributed by atoms with E-state index >= 15 is 0 Å². The molecule has 1 N–H and O–H groups in total. The summed E-state index contributed by atoms with van der Waals surface area (Å²) < 4.78 is 38.0. The van der Waals surface area contributed by atoms with Gasteiger partial charge in [-0.3, -0.25) is 9.59 Å². The molecule has 166 valence electrons. The summed E-state index contributed by atoms with van der Waals surface area (Å²) in [5.41, 5.74) is 0.990. The minimum absolute atomic E-state index is 0.108. The first kappa shape index (κ1) is 21.5. The Morgan fingerprint density at radius 3 is 2.71 bits per heavy atom. The summed E-state index contributed by atoms with van der Waals surface area (Å²) in [6.45, 7) is 3.65. The molecule has 0 aliphatic carbocycles. The Hall–Kier alpha value is -2.69. The number of hydrogen-bond acceptors (Lipinski definition) is 6. The van der Waals surface area contributed by atoms with Gasteiger partial charge in [0.15, 0.2) is 0 Å². The molecule has 1 aromatic heterocycles. The van der Waals surface area contributed by atoms with E-state index in [2.05, 4.69) is 5.32 Å². The molecule has 2 aliphatic heterocycles. The predicted molar refractivity (Wildman–Crippen MR) is 112 cm³/mol. The quantitative estimate of drug-likeness (QED) is 0.720. The molecule has 0 saturated carbocycles. The van der Waals surface area contributed by atoms with Gasteiger partial charge in [0.05, 0.1) is 36.8 Å². The van der Waals surface area contributed by atoms with Crippen LogP contribution in [0, 0.1) is 12.8 Å². The van der Waals surface area contributed by atoms with Crippen LogP contribution in [-0.2, 0) is 30.9 Å². The van der Waals surface area contributed by atoms with E-state index in [1.165, 1.54) is 10.4 Å². The zero-order valence-corrected chi connectivity index (χ0v) is 18.1. The number of morpholine rings is 1. The summed E-state index contributed by atoms with van der Waals surface area (Å²) >= 11 is 0. The van der Waals surface area contributed by atoms with Crippen molar-refractivity contribution in [1.29, 1.82) is 0 Å². The maximum Gasteiger partial charge on any atom is 0.243 e. The average Bonchev–Trinajstić information content (AvgIpc) is 3.40. The number of carbonyl (C=O) groups excluding carboxylic acids is 2. The second-order valence-corrected chi connectivity index (χ2v) is 9.65. The molecule has 2 fully saturated rings. The number of hydrogen-bond donors (Lipinski definition) is 1. The number of nitrogens with one attached hydrogen (secondary N) is 1. The molecule has 2 aliphatic rings. The van der Waals surface area contributed by atoms with Gasteiger partial charge in [0.2, 0.25) is 21.8 Å². The highest BCUT2D eigenvalue weighted by Gasteiger charge is 2.35. The molecule has 1 atom stereocenters. The number of nitrogens with zero attached hydrogens (tertiary/aromatic N) is 2. The Bertz CT molecular complexity index is 1060. The Balaban J connectivity index is 1.45. The summed E-state index contributed by atoms with van der Waals surface area (Å²) in [7, 11) is -3.69. The highest BCUT2D eigenvalue weighted by molar-refractivity contribution is 7.89. The van der Waals surface area contributed by atoms with Gasteiger partial charge in [-0.05, 0) is 36.8 Å². The van der Waals surface area contributed by atoms with E-state index in [-0.39, 0.29) is 29.7 Å². The molecule has 0 radical (unpaired) electrons. The lowest BCUT2D eigenvalue weighted by Crippen LogP contribution is -2.40. The van der Waals surface area contributed by atoms with Crippen molar-refractivity contribution in [3.05, 3.63) is 47.9 Å². The van der Waals surface area contributed by atoms with Gasteiger partial charge in [0.1, 0.15) is 5.76 Å². The molecule has 3 heterocycles. The summed E-state index contributed by atoms with van der Waals surface area (Å²) in [6, 6.07) is 8.35. The van der Waals surface area contributed by atoms with E-state index in [9.17, 15) is 18.0 Å². The zero-order valence-electron chi connectivity index (χ0n) is 17.2. The van der Waals surface area contributed by atoms with Crippen LogP contribution in [0.3, 0.4) is 0 Å². The lowest BCUT2D eigenvalue weighted by atomic mass is 10.1. The van der Waals surface area contributed by atoms with Crippen molar-refractivity contribution in [3.63, 3.8) is 0 Å². The van der Waals surface area contributed by atoms with Crippen molar-refractivity contribution in [1.82, 2.24) is 9.21 Å². The highest BCUT2D eigenvalue weighted by atomic mass is 32.2. The molecule has 4 rings (SSSR count). The standard InChI is InChI=1S/C21H25N3O6S/c1-15-4-5-17(12-19(15)31(27,28)24-6-9-29-10-7-24)22-21(26)16-11-20(25)23(13-16)14-18-3-2-8-30-18/h2-5,8,12,16H,6-7,9-11,13-14H2,1H3,(H,22,26)/t16-/m0/s1. The second-order valence-electron chi connectivity index (χ2n) is 7.74. The van der Waals surface area contributed by atoms with Crippen molar-refractivity contribution < 1.29 is 27.2 Å². The number of ether oxygens (including phenoxy) is 1. The smallest absolute Gasteiger partial charge is 0.243 e. The number of sulfonamides is 1. The molecular weight excluding hydrogens is 422 g/mol. The van der Waals surface area contributed by atoms with Crippen LogP contribution in [0.1, 0.15) is 17.7 Å². The van der Waals surface area contributed by atoms with Gasteiger partial charge in [-0.1, -0.05) is 6.07 Å². The van der Waals surface area contributed by atoms with E-state index in [1.54, 1.807) is 42.4 Å². The molecule has 1 aromatic carbocycles. The topological polar surface area (TPSA) is 109 Å². The molecule has 2 saturated heterocycles. The SMILES string of the molecule is Cc1ccc(NC(=O)[C@H]2CC(=O)N(Cc3ccco3)C2)cc1S(=O)(=O)N1CCOCC1. The first-order valence-electron chi connectivity index (χ1n) is 10.1. The molecule has 0 spiro atoms. The van der Waals surface area contributed by atoms with Crippen LogP contribution in [-0.4, -0.2) is 62.3 Å². The van der Waals surface area contributed by atoms with Crippen LogP contribution in [0.25, 0.3) is 0 Å². The number of furan rings is 1. The van der Waals surface area contributed by atoms with Crippen LogP contribution in [0.15, 0.2) is 45.9 Å². The van der Waals surface area contributed by atoms with Crippen molar-refractivity contribution in [2.45, 2.75) is 24.8 Å². The van der Waals surface area contributed by atoms with E-state index in [1.807, 2.05) is 0 Å². The van der Waals surface area contributed by atoms with Gasteiger partial charge >= 0.3 is 0 Å². The number of amides is 2. The van der Waals surface area contributed by atoms with Gasteiger partial charge in [-0.15, -0.1) is 0 Å². The van der Waals surface area contributed by atoms with Gasteiger partial charge in [-0.25, -0.2) is 8.42 Å². The van der Waals surface area contributed by atoms with Crippen molar-refractivity contribution >= 4 is 27.5 Å². The van der Waals surface area contributed by atoms with Gasteiger partial charge in [-0.2, -0.15) is 4.31 Å². The van der Waals surface area contributed by atoms with Gasteiger partial charge in [0, 0.05) is 31.7 Å². The van der Waals surface area contributed by atoms with E-state index in [0.29, 0.717) is 49.9 Å². The van der Waals surface area contributed by atoms with Crippen molar-refractivity contribution in [2.75, 3.05) is 38.2 Å². The molecule has 9 nitrogen and oxygen atoms in total. The van der Waals surface area contributed by atoms with Crippen LogP contribution in [0.4, 0.5) is 5.69 Å². The fourth-order valence-electron chi connectivity index (χ4n) is 3.82. The number of rotatable bonds is 6. The fraction of sp³-hybridized carbons (Fsp3) is 0.429. The molecule has 0 bridgehead atoms. The average molecular weight is 448 g/mol. The number of anilines is 1.